The molecule has 0 spiro atoms. The number of nitrogens with two attached hydrogens (primary N) is 2. The number of carboxylic acids is 3. The van der Waals surface area contributed by atoms with Crippen molar-refractivity contribution in [1.29, 1.82) is 5.41 Å². The standard InChI is InChI=1S/C94H129ClN22O27S6/c1-50-53(4)150-90-77(50)78(56-20-22-58(95)23-21-56)107-63(81-114-113-54(5)117(81)90)40-70(119)100-28-30-139-31-32-140-33-34-141-46-72(121)112-80(94(6,7)8)89(135)116-45-59(39-68(116)88(134)105-51(2)55-16-18-57(19-17-55)79-52(3)104-49-145-79)144-93(138)143-36-38-147-146-37-35-142-76(127)25-24-69(118)99-26-10-9-13-61-84(130)103-44-73(122)115-29-12-15-67(115)87(133)110-65(42-75(125)126)86(132)111-66(91(136)137)48-149-148-47-60(96)82(128)108-62(14-11-27-101-92(97)98)83(129)102-43-71(120)106-64(41-74(123)124)85(131)109-61/h16-23,49,51,59-68,80H,9-15,24-48,96H2,1-8H3,(H,99,118)(H,100,119)(H,102,129)(H,103,130)(H,105,134)(H,106,120)(H,108,128)(H,109,131)(H,110,133)(H,111,132)(H,112,121)(H,123,124)(H,125,126)(H,136,137)(H4,97,98,101)/t51-,59+,60-,61-,62-,63-,64-,65-,66-,67-,68-,80+/m0/s1. The maximum atomic E-state index is 14.9. The number of fused-ring (bicyclic) bond motifs is 4. The zero-order valence-electron chi connectivity index (χ0n) is 84.0. The highest BCUT2D eigenvalue weighted by atomic mass is 35.5. The number of nitrogens with one attached hydrogen (secondary N) is 13. The van der Waals surface area contributed by atoms with E-state index < -0.39 is 217 Å². The number of esters is 1. The zero-order chi connectivity index (χ0) is 109. The number of aliphatic imine (C=N–C) groups is 1. The van der Waals surface area contributed by atoms with Gasteiger partial charge in [-0.3, -0.25) is 91.7 Å². The van der Waals surface area contributed by atoms with Crippen LogP contribution in [0.1, 0.15) is 168 Å². The number of amides is 13. The predicted octanol–water partition coefficient (Wildman–Crippen LogP) is 1.98. The molecule has 5 aromatic rings. The smallest absolute Gasteiger partial charge is 0.481 e. The number of carboxylic acid groups (broad SMARTS) is 3. The molecule has 0 radical (unpaired) electrons. The van der Waals surface area contributed by atoms with Crippen molar-refractivity contribution in [2.45, 2.75) is 211 Å². The highest BCUT2D eigenvalue weighted by Gasteiger charge is 2.48. The van der Waals surface area contributed by atoms with Crippen LogP contribution >= 0.6 is 77.5 Å². The molecular weight excluding hydrogens is 2100 g/mol. The summed E-state index contributed by atoms with van der Waals surface area (Å²) in [6, 6.07) is 0.210. The van der Waals surface area contributed by atoms with Crippen LogP contribution in [0.25, 0.3) is 15.4 Å². The Hall–Kier alpha value is -12.4. The molecule has 9 rings (SSSR count). The molecule has 3 fully saturated rings. The molecule has 7 heterocycles. The second kappa shape index (κ2) is 60.6. The average Bonchev–Trinajstić information content (AvgIpc) is 1.58. The molecule has 56 heteroatoms. The quantitative estimate of drug-likeness (QED) is 0.00871. The van der Waals surface area contributed by atoms with Gasteiger partial charge in [-0.05, 0) is 114 Å². The Labute approximate surface area is 893 Å². The average molecular weight is 2230 g/mol. The van der Waals surface area contributed by atoms with Crippen molar-refractivity contribution in [3.05, 3.63) is 104 Å². The van der Waals surface area contributed by atoms with Crippen LogP contribution in [0.2, 0.25) is 5.02 Å². The fraction of sp³-hybridized carbons (Fsp3) is 0.564. The number of carbonyl (C=O) groups is 18. The Bertz CT molecular complexity index is 5620. The molecule has 0 bridgehead atoms. The van der Waals surface area contributed by atoms with Crippen LogP contribution in [0.5, 0.6) is 0 Å². The van der Waals surface area contributed by atoms with E-state index in [0.717, 1.165) is 80.5 Å². The number of ether oxygens (including phenoxy) is 6. The first-order chi connectivity index (χ1) is 71.4. The van der Waals surface area contributed by atoms with Crippen molar-refractivity contribution < 1.29 is 130 Å². The molecule has 0 aliphatic carbocycles. The third-order valence-corrected chi connectivity index (χ3v) is 31.0. The highest BCUT2D eigenvalue weighted by molar-refractivity contribution is 8.77. The van der Waals surface area contributed by atoms with E-state index in [1.165, 1.54) is 37.8 Å². The summed E-state index contributed by atoms with van der Waals surface area (Å²) in [6.07, 6.45) is -5.00. The molecule has 3 aromatic heterocycles. The van der Waals surface area contributed by atoms with Crippen LogP contribution in [0.3, 0.4) is 0 Å². The first kappa shape index (κ1) is 121. The molecular formula is C94H129ClN22O27S6. The number of thiazole rings is 1. The van der Waals surface area contributed by atoms with E-state index in [0.29, 0.717) is 16.7 Å². The summed E-state index contributed by atoms with van der Waals surface area (Å²) >= 11 is 9.39. The van der Waals surface area contributed by atoms with Gasteiger partial charge in [0, 0.05) is 83.1 Å². The van der Waals surface area contributed by atoms with Gasteiger partial charge >= 0.3 is 30.0 Å². The summed E-state index contributed by atoms with van der Waals surface area (Å²) in [4.78, 5) is 256. The molecule has 4 aliphatic rings. The summed E-state index contributed by atoms with van der Waals surface area (Å²) in [5, 5.41) is 77.5. The third-order valence-electron chi connectivity index (χ3n) is 23.8. The van der Waals surface area contributed by atoms with E-state index >= 15 is 0 Å². The normalized spacial score (nSPS) is 20.3. The Balaban J connectivity index is 0.703. The molecule has 12 atom stereocenters. The molecule has 13 amide bonds. The summed E-state index contributed by atoms with van der Waals surface area (Å²) < 4.78 is 35.5. The molecule has 49 nitrogen and oxygen atoms in total. The lowest BCUT2D eigenvalue weighted by Crippen LogP contribution is -2.58. The second-order valence-corrected chi connectivity index (χ2v) is 44.0. The van der Waals surface area contributed by atoms with Crippen LogP contribution in [0, 0.1) is 38.5 Å². The first-order valence-corrected chi connectivity index (χ1v) is 55.4. The molecule has 3 saturated heterocycles. The highest BCUT2D eigenvalue weighted by Crippen LogP contribution is 2.41. The van der Waals surface area contributed by atoms with E-state index in [1.807, 2.05) is 54.8 Å². The number of thiophene rings is 1. The number of halogens is 1. The van der Waals surface area contributed by atoms with Gasteiger partial charge < -0.3 is 129 Å². The Morgan fingerprint density at radius 2 is 1.27 bits per heavy atom. The fourth-order valence-electron chi connectivity index (χ4n) is 15.9. The zero-order valence-corrected chi connectivity index (χ0v) is 89.7. The van der Waals surface area contributed by atoms with Crippen molar-refractivity contribution in [3.8, 4) is 15.4 Å². The fourth-order valence-corrected chi connectivity index (χ4v) is 22.0. The number of aromatic nitrogens is 4. The Kier molecular flexibility index (Phi) is 49.0. The van der Waals surface area contributed by atoms with Crippen molar-refractivity contribution in [1.82, 2.24) is 93.3 Å². The molecule has 2 aromatic carbocycles. The van der Waals surface area contributed by atoms with Gasteiger partial charge in [0.1, 0.15) is 91.1 Å². The largest absolute Gasteiger partial charge is 0.508 e. The predicted molar refractivity (Wildman–Crippen MR) is 556 cm³/mol. The van der Waals surface area contributed by atoms with E-state index in [2.05, 4.69) is 92.8 Å². The summed E-state index contributed by atoms with van der Waals surface area (Å²) in [7, 11) is 4.27. The second-order valence-electron chi connectivity index (χ2n) is 36.3. The number of hydrogen-bond acceptors (Lipinski definition) is 36. The molecule has 20 N–H and O–H groups in total. The number of nitrogens with zero attached hydrogens (tertiary/aromatic N) is 7. The van der Waals surface area contributed by atoms with Gasteiger partial charge in [0.15, 0.2) is 11.8 Å². The number of benzene rings is 2. The number of hydrogen-bond donors (Lipinski definition) is 18. The number of guanidine groups is 1. The van der Waals surface area contributed by atoms with Crippen molar-refractivity contribution >= 4 is 196 Å². The van der Waals surface area contributed by atoms with Crippen molar-refractivity contribution in [2.75, 3.05) is 122 Å². The minimum atomic E-state index is -1.93. The summed E-state index contributed by atoms with van der Waals surface area (Å²) in [5.41, 5.74) is 18.5. The molecule has 150 heavy (non-hydrogen) atoms. The number of aryl methyl sites for hydroxylation is 3. The topological polar surface area (TPSA) is 706 Å². The molecule has 0 unspecified atom stereocenters. The summed E-state index contributed by atoms with van der Waals surface area (Å²) in [6.45, 7) is 13.0. The minimum Gasteiger partial charge on any atom is -0.481 e. The lowest BCUT2D eigenvalue weighted by atomic mass is 9.85. The lowest BCUT2D eigenvalue weighted by molar-refractivity contribution is -0.144. The van der Waals surface area contributed by atoms with Crippen LogP contribution in [0.15, 0.2) is 59.0 Å². The third kappa shape index (κ3) is 38.5. The minimum absolute atomic E-state index is 0.000333. The van der Waals surface area contributed by atoms with E-state index in [4.69, 9.17) is 61.9 Å². The monoisotopic (exact) mass is 2220 g/mol. The molecule has 820 valence electrons. The van der Waals surface area contributed by atoms with Gasteiger partial charge in [-0.2, -0.15) is 0 Å². The van der Waals surface area contributed by atoms with Gasteiger partial charge in [0.05, 0.1) is 112 Å². The van der Waals surface area contributed by atoms with Crippen molar-refractivity contribution in [3.63, 3.8) is 0 Å². The van der Waals surface area contributed by atoms with Gasteiger partial charge in [-0.1, -0.05) is 112 Å². The van der Waals surface area contributed by atoms with E-state index in [1.54, 1.807) is 56.7 Å². The first-order valence-electron chi connectivity index (χ1n) is 48.3. The number of rotatable bonds is 45. The SMILES string of the molecule is Cc1ncsc1-c1ccc([C@H](C)NC(=O)[C@@H]2C[C@@H](OC(=O)OCCSSCCOC(=O)CCC(=O)NCCCC[C@@H]3NC(=O)[C@H](CC(=O)O)NC(=O)CNC(=O)[C@H](CCCNC(=N)N)NC(=O)[C@@H](N)CSSC[C@@H](C(=O)O)NC(=O)[C@H](CC(=O)O)NC(=O)[C@@H]4CCCN4C(=O)CNC3=O)CN2C(=O)[C@@H](NC(=O)COCCOCCOCCNC(=O)C[C@@H]2N=C(c3ccc(Cl)cc3)c3c(sc(C)c3C)-n3c(C)nnc32)C(C)(C)C)cc1. The van der Waals surface area contributed by atoms with Gasteiger partial charge in [0.25, 0.3) is 0 Å². The molecule has 4 aliphatic heterocycles. The van der Waals surface area contributed by atoms with Gasteiger partial charge in [-0.25, -0.2) is 14.6 Å². The Morgan fingerprint density at radius 3 is 1.93 bits per heavy atom. The van der Waals surface area contributed by atoms with E-state index in [9.17, 15) is 102 Å². The number of unbranched alkanes of at least 4 members (excludes halogenated alkanes) is 1. The van der Waals surface area contributed by atoms with Gasteiger partial charge in [-0.15, -0.1) is 32.9 Å². The number of likely N-dealkylation sites (tertiary alicyclic amines) is 1. The summed E-state index contributed by atoms with van der Waals surface area (Å²) in [5.74, 6) is -15.8. The lowest BCUT2D eigenvalue weighted by Gasteiger charge is -2.35. The van der Waals surface area contributed by atoms with Crippen molar-refractivity contribution in [2.24, 2.45) is 21.9 Å². The number of carbonyl (C=O) groups excluding carboxylic acids is 15. The van der Waals surface area contributed by atoms with Crippen LogP contribution in [-0.2, 0) is 110 Å². The molecule has 0 saturated carbocycles. The van der Waals surface area contributed by atoms with E-state index in [-0.39, 0.29) is 179 Å². The Morgan fingerprint density at radius 1 is 0.653 bits per heavy atom. The maximum absolute atomic E-state index is 14.9. The van der Waals surface area contributed by atoms with Crippen LogP contribution in [-0.4, -0.2) is 346 Å². The maximum Gasteiger partial charge on any atom is 0.508 e. The van der Waals surface area contributed by atoms with Crippen LogP contribution in [0.4, 0.5) is 4.79 Å². The number of aliphatic carboxylic acids is 3. The van der Waals surface area contributed by atoms with Crippen LogP contribution < -0.4 is 75.3 Å². The van der Waals surface area contributed by atoms with Gasteiger partial charge in [0.2, 0.25) is 76.8 Å².